The second kappa shape index (κ2) is 3.73. The molecule has 0 aliphatic rings. The van der Waals surface area contributed by atoms with Crippen LogP contribution in [0.25, 0.3) is 28.2 Å². The molecule has 0 radical (unpaired) electrons. The molecule has 0 bridgehead atoms. The molecule has 0 unspecified atom stereocenters. The highest BCUT2D eigenvalue weighted by atomic mass is 16.2. The zero-order valence-electron chi connectivity index (χ0n) is 10.5. The highest BCUT2D eigenvalue weighted by Crippen LogP contribution is 2.20. The summed E-state index contributed by atoms with van der Waals surface area (Å²) in [6.45, 7) is 0. The lowest BCUT2D eigenvalue weighted by molar-refractivity contribution is 0.607. The maximum absolute atomic E-state index is 11.9. The van der Waals surface area contributed by atoms with Crippen molar-refractivity contribution in [1.29, 1.82) is 0 Å². The summed E-state index contributed by atoms with van der Waals surface area (Å²) in [5, 5.41) is 7.77. The third kappa shape index (κ3) is 1.38. The topological polar surface area (TPSA) is 93.8 Å². The van der Waals surface area contributed by atoms with Gasteiger partial charge in [0.25, 0.3) is 0 Å². The molecule has 0 spiro atoms. The fraction of sp³-hybridized carbons (Fsp3) is 0.0833. The Labute approximate surface area is 111 Å². The molecule has 1 aromatic carbocycles. The summed E-state index contributed by atoms with van der Waals surface area (Å²) in [5.74, 6) is 0.566. The number of fused-ring (bicyclic) bond motifs is 2. The number of nitrogens with one attached hydrogen (secondary N) is 1. The van der Waals surface area contributed by atoms with Gasteiger partial charge in [0, 0.05) is 7.05 Å². The summed E-state index contributed by atoms with van der Waals surface area (Å²) in [4.78, 5) is 23.7. The number of para-hydroxylation sites is 2. The molecule has 0 saturated carbocycles. The van der Waals surface area contributed by atoms with Crippen molar-refractivity contribution in [3.05, 3.63) is 41.1 Å². The Kier molecular flexibility index (Phi) is 2.02. The number of aromatic amines is 1. The molecule has 0 fully saturated rings. The fourth-order valence-electron chi connectivity index (χ4n) is 2.11. The van der Waals surface area contributed by atoms with Crippen molar-refractivity contribution in [1.82, 2.24) is 34.3 Å². The van der Waals surface area contributed by atoms with E-state index in [0.717, 1.165) is 15.7 Å². The van der Waals surface area contributed by atoms with Gasteiger partial charge in [0.2, 0.25) is 0 Å². The number of aryl methyl sites for hydroxylation is 1. The number of rotatable bonds is 1. The average Bonchev–Trinajstić information content (AvgIpc) is 3.06. The Hall–Kier alpha value is -3.03. The second-order valence-corrected chi connectivity index (χ2v) is 4.38. The summed E-state index contributed by atoms with van der Waals surface area (Å²) in [6.07, 6.45) is 1.43. The van der Waals surface area contributed by atoms with Crippen LogP contribution in [0.1, 0.15) is 0 Å². The van der Waals surface area contributed by atoms with Gasteiger partial charge in [0.05, 0.1) is 11.0 Å². The smallest absolute Gasteiger partial charge is 0.337 e. The van der Waals surface area contributed by atoms with Gasteiger partial charge in [-0.3, -0.25) is 0 Å². The molecule has 0 atom stereocenters. The first kappa shape index (κ1) is 10.9. The molecule has 0 amide bonds. The van der Waals surface area contributed by atoms with Crippen molar-refractivity contribution in [3.8, 4) is 11.5 Å². The minimum atomic E-state index is -0.301. The van der Waals surface area contributed by atoms with E-state index in [9.17, 15) is 4.79 Å². The highest BCUT2D eigenvalue weighted by Gasteiger charge is 2.15. The van der Waals surface area contributed by atoms with E-state index in [-0.39, 0.29) is 5.69 Å². The van der Waals surface area contributed by atoms with E-state index in [2.05, 4.69) is 25.3 Å². The SMILES string of the molecule is Cn1nnc2c(-c3nc4ccccc4[nH]3)ncn2c1=O. The number of hydrogen-bond donors (Lipinski definition) is 1. The van der Waals surface area contributed by atoms with Crippen molar-refractivity contribution in [3.63, 3.8) is 0 Å². The number of aromatic nitrogens is 7. The largest absolute Gasteiger partial charge is 0.352 e. The molecule has 98 valence electrons. The van der Waals surface area contributed by atoms with Gasteiger partial charge in [-0.05, 0) is 12.1 Å². The molecule has 8 nitrogen and oxygen atoms in total. The van der Waals surface area contributed by atoms with Crippen molar-refractivity contribution in [2.45, 2.75) is 0 Å². The summed E-state index contributed by atoms with van der Waals surface area (Å²) in [5.41, 5.74) is 2.32. The molecule has 0 aliphatic heterocycles. The zero-order chi connectivity index (χ0) is 13.7. The molecule has 3 aromatic heterocycles. The molecule has 4 rings (SSSR count). The van der Waals surface area contributed by atoms with Crippen molar-refractivity contribution in [2.75, 3.05) is 0 Å². The van der Waals surface area contributed by atoms with E-state index < -0.39 is 0 Å². The summed E-state index contributed by atoms with van der Waals surface area (Å²) in [6, 6.07) is 7.66. The lowest BCUT2D eigenvalue weighted by atomic mass is 10.3. The van der Waals surface area contributed by atoms with Crippen LogP contribution < -0.4 is 5.69 Å². The lowest BCUT2D eigenvalue weighted by Crippen LogP contribution is -2.26. The molecule has 0 saturated heterocycles. The molecule has 3 heterocycles. The van der Waals surface area contributed by atoms with Gasteiger partial charge in [-0.1, -0.05) is 17.3 Å². The molecular weight excluding hydrogens is 258 g/mol. The lowest BCUT2D eigenvalue weighted by Gasteiger charge is -1.95. The van der Waals surface area contributed by atoms with Gasteiger partial charge in [-0.2, -0.15) is 4.68 Å². The highest BCUT2D eigenvalue weighted by molar-refractivity contribution is 5.81. The Bertz CT molecular complexity index is 961. The van der Waals surface area contributed by atoms with Crippen molar-refractivity contribution >= 4 is 16.7 Å². The number of H-pyrrole nitrogens is 1. The third-order valence-electron chi connectivity index (χ3n) is 3.11. The monoisotopic (exact) mass is 267 g/mol. The standard InChI is InChI=1S/C12H9N7O/c1-18-12(20)19-6-13-9(11(19)16-17-18)10-14-7-4-2-3-5-8(7)15-10/h2-6H,1H3,(H,14,15). The van der Waals surface area contributed by atoms with E-state index >= 15 is 0 Å². The Morgan fingerprint density at radius 3 is 2.95 bits per heavy atom. The normalized spacial score (nSPS) is 11.4. The summed E-state index contributed by atoms with van der Waals surface area (Å²) < 4.78 is 2.49. The van der Waals surface area contributed by atoms with Crippen LogP contribution in [-0.2, 0) is 7.05 Å². The maximum Gasteiger partial charge on any atom is 0.352 e. The number of nitrogens with zero attached hydrogens (tertiary/aromatic N) is 6. The van der Waals surface area contributed by atoms with E-state index in [1.807, 2.05) is 24.3 Å². The fourth-order valence-corrected chi connectivity index (χ4v) is 2.11. The molecule has 1 N–H and O–H groups in total. The summed E-state index contributed by atoms with van der Waals surface area (Å²) in [7, 11) is 1.54. The van der Waals surface area contributed by atoms with Crippen LogP contribution in [-0.4, -0.2) is 34.3 Å². The molecule has 20 heavy (non-hydrogen) atoms. The minimum absolute atomic E-state index is 0.301. The van der Waals surface area contributed by atoms with Gasteiger partial charge >= 0.3 is 5.69 Å². The maximum atomic E-state index is 11.9. The first-order valence-corrected chi connectivity index (χ1v) is 5.96. The molecule has 8 heteroatoms. The first-order chi connectivity index (χ1) is 9.74. The first-order valence-electron chi connectivity index (χ1n) is 5.96. The van der Waals surface area contributed by atoms with Gasteiger partial charge in [0.15, 0.2) is 17.2 Å². The second-order valence-electron chi connectivity index (χ2n) is 4.38. The van der Waals surface area contributed by atoms with Crippen LogP contribution in [0.15, 0.2) is 35.4 Å². The Morgan fingerprint density at radius 1 is 1.25 bits per heavy atom. The van der Waals surface area contributed by atoms with Crippen molar-refractivity contribution < 1.29 is 0 Å². The van der Waals surface area contributed by atoms with Gasteiger partial charge in [-0.15, -0.1) is 5.10 Å². The van der Waals surface area contributed by atoms with Gasteiger partial charge < -0.3 is 4.98 Å². The van der Waals surface area contributed by atoms with Crippen LogP contribution in [0.5, 0.6) is 0 Å². The third-order valence-corrected chi connectivity index (χ3v) is 3.11. The van der Waals surface area contributed by atoms with E-state index in [0.29, 0.717) is 17.2 Å². The van der Waals surface area contributed by atoms with E-state index in [1.165, 1.54) is 17.8 Å². The summed E-state index contributed by atoms with van der Waals surface area (Å²) >= 11 is 0. The molecule has 0 aliphatic carbocycles. The average molecular weight is 267 g/mol. The number of benzene rings is 1. The van der Waals surface area contributed by atoms with Crippen LogP contribution in [0, 0.1) is 0 Å². The van der Waals surface area contributed by atoms with E-state index in [1.54, 1.807) is 0 Å². The number of hydrogen-bond acceptors (Lipinski definition) is 5. The number of imidazole rings is 2. The van der Waals surface area contributed by atoms with Crippen LogP contribution in [0.2, 0.25) is 0 Å². The van der Waals surface area contributed by atoms with E-state index in [4.69, 9.17) is 0 Å². The van der Waals surface area contributed by atoms with Crippen molar-refractivity contribution in [2.24, 2.45) is 7.05 Å². The van der Waals surface area contributed by atoms with Crippen LogP contribution in [0.3, 0.4) is 0 Å². The van der Waals surface area contributed by atoms with Crippen LogP contribution in [0.4, 0.5) is 0 Å². The quantitative estimate of drug-likeness (QED) is 0.537. The van der Waals surface area contributed by atoms with Gasteiger partial charge in [0.1, 0.15) is 6.33 Å². The Morgan fingerprint density at radius 2 is 2.10 bits per heavy atom. The zero-order valence-corrected chi connectivity index (χ0v) is 10.5. The van der Waals surface area contributed by atoms with Crippen LogP contribution >= 0.6 is 0 Å². The molecule has 4 aromatic rings. The predicted octanol–water partition coefficient (Wildman–Crippen LogP) is 0.366. The predicted molar refractivity (Wildman–Crippen MR) is 71.1 cm³/mol. The van der Waals surface area contributed by atoms with Gasteiger partial charge in [-0.25, -0.2) is 19.2 Å². The Balaban J connectivity index is 2.02. The molecular formula is C12H9N7O. The minimum Gasteiger partial charge on any atom is -0.337 e.